The number of hydrogen-bond donors (Lipinski definition) is 0. The van der Waals surface area contributed by atoms with Gasteiger partial charge in [-0.05, 0) is 43.5 Å². The molecule has 0 N–H and O–H groups in total. The van der Waals surface area contributed by atoms with Gasteiger partial charge in [-0.3, -0.25) is 4.48 Å². The Kier molecular flexibility index (Phi) is 8.22. The van der Waals surface area contributed by atoms with Crippen LogP contribution in [0.3, 0.4) is 0 Å². The summed E-state index contributed by atoms with van der Waals surface area (Å²) in [6.07, 6.45) is 5.05. The Hall–Kier alpha value is -1.31. The molecule has 0 fully saturated rings. The first-order valence-electron chi connectivity index (χ1n) is 8.32. The Balaban J connectivity index is 0.00000242. The minimum Gasteiger partial charge on any atom is -1.00 e. The highest BCUT2D eigenvalue weighted by Crippen LogP contribution is 2.35. The largest absolute Gasteiger partial charge is 1.00 e. The van der Waals surface area contributed by atoms with E-state index in [1.807, 2.05) is 0 Å². The van der Waals surface area contributed by atoms with Crippen LogP contribution < -0.4 is 16.9 Å². The number of quaternary nitrogens is 1. The number of para-hydroxylation sites is 2. The number of rotatable bonds is 8. The SMILES string of the molecule is CCCCC[N+](CCC)(c1ccccc1)c1ccccc1.[Cl-]. The second-order valence-corrected chi connectivity index (χ2v) is 5.79. The van der Waals surface area contributed by atoms with Gasteiger partial charge in [-0.1, -0.05) is 56.7 Å². The maximum atomic E-state index is 2.29. The van der Waals surface area contributed by atoms with Gasteiger partial charge in [0.15, 0.2) is 0 Å². The fourth-order valence-corrected chi connectivity index (χ4v) is 3.22. The summed E-state index contributed by atoms with van der Waals surface area (Å²) in [5.41, 5.74) is 2.84. The van der Waals surface area contributed by atoms with Gasteiger partial charge >= 0.3 is 0 Å². The standard InChI is InChI=1S/C20H28N.ClH/c1-3-5-12-18-21(17-4-2,19-13-8-6-9-14-19)20-15-10-7-11-16-20;/h6-11,13-16H,3-5,12,17-18H2,1-2H3;1H/q+1;/p-1. The van der Waals surface area contributed by atoms with Crippen LogP contribution in [0.4, 0.5) is 11.4 Å². The fraction of sp³-hybridized carbons (Fsp3) is 0.400. The monoisotopic (exact) mass is 317 g/mol. The Labute approximate surface area is 142 Å². The molecule has 0 amide bonds. The Morgan fingerprint density at radius 3 is 1.55 bits per heavy atom. The van der Waals surface area contributed by atoms with E-state index in [-0.39, 0.29) is 12.4 Å². The average molecular weight is 318 g/mol. The van der Waals surface area contributed by atoms with E-state index >= 15 is 0 Å². The van der Waals surface area contributed by atoms with Crippen LogP contribution in [0.2, 0.25) is 0 Å². The Morgan fingerprint density at radius 1 is 0.636 bits per heavy atom. The zero-order valence-electron chi connectivity index (χ0n) is 13.8. The van der Waals surface area contributed by atoms with Gasteiger partial charge in [0, 0.05) is 0 Å². The first kappa shape index (κ1) is 18.7. The Morgan fingerprint density at radius 2 is 1.14 bits per heavy atom. The first-order chi connectivity index (χ1) is 10.3. The van der Waals surface area contributed by atoms with Crippen LogP contribution in [0.1, 0.15) is 39.5 Å². The van der Waals surface area contributed by atoms with E-state index < -0.39 is 0 Å². The molecule has 2 aromatic carbocycles. The van der Waals surface area contributed by atoms with E-state index in [4.69, 9.17) is 0 Å². The topological polar surface area (TPSA) is 0 Å². The molecule has 22 heavy (non-hydrogen) atoms. The summed E-state index contributed by atoms with van der Waals surface area (Å²) in [5, 5.41) is 0. The molecular formula is C20H28ClN. The van der Waals surface area contributed by atoms with Crippen molar-refractivity contribution in [2.45, 2.75) is 39.5 Å². The molecule has 2 aromatic rings. The van der Waals surface area contributed by atoms with Crippen molar-refractivity contribution in [2.75, 3.05) is 13.1 Å². The van der Waals surface area contributed by atoms with Gasteiger partial charge < -0.3 is 12.4 Å². The summed E-state index contributed by atoms with van der Waals surface area (Å²) in [6.45, 7) is 6.92. The van der Waals surface area contributed by atoms with Gasteiger partial charge in [0.2, 0.25) is 0 Å². The summed E-state index contributed by atoms with van der Waals surface area (Å²) in [7, 11) is 0. The number of benzene rings is 2. The van der Waals surface area contributed by atoms with E-state index in [2.05, 4.69) is 74.5 Å². The van der Waals surface area contributed by atoms with Crippen molar-refractivity contribution in [2.24, 2.45) is 0 Å². The molecule has 0 heterocycles. The second-order valence-electron chi connectivity index (χ2n) is 5.79. The van der Waals surface area contributed by atoms with Gasteiger partial charge in [0.25, 0.3) is 0 Å². The lowest BCUT2D eigenvalue weighted by Gasteiger charge is -2.38. The van der Waals surface area contributed by atoms with Crippen molar-refractivity contribution in [1.82, 2.24) is 4.48 Å². The van der Waals surface area contributed by atoms with Crippen LogP contribution in [0.15, 0.2) is 60.7 Å². The molecule has 120 valence electrons. The molecule has 0 unspecified atom stereocenters. The summed E-state index contributed by atoms with van der Waals surface area (Å²) >= 11 is 0. The number of unbranched alkanes of at least 4 members (excludes halogenated alkanes) is 2. The molecule has 2 rings (SSSR count). The maximum absolute atomic E-state index is 2.29. The molecule has 0 atom stereocenters. The molecule has 0 aliphatic rings. The van der Waals surface area contributed by atoms with Crippen molar-refractivity contribution in [3.8, 4) is 0 Å². The van der Waals surface area contributed by atoms with Crippen LogP contribution >= 0.6 is 0 Å². The predicted octanol–water partition coefficient (Wildman–Crippen LogP) is 2.93. The molecular weight excluding hydrogens is 290 g/mol. The molecule has 0 radical (unpaired) electrons. The predicted molar refractivity (Wildman–Crippen MR) is 93.9 cm³/mol. The van der Waals surface area contributed by atoms with Gasteiger partial charge in [-0.2, -0.15) is 0 Å². The minimum absolute atomic E-state index is 0. The summed E-state index contributed by atoms with van der Waals surface area (Å²) in [5.74, 6) is 0. The lowest BCUT2D eigenvalue weighted by molar-refractivity contribution is -0.00000438. The second kappa shape index (κ2) is 9.66. The number of hydrogen-bond acceptors (Lipinski definition) is 0. The fourth-order valence-electron chi connectivity index (χ4n) is 3.22. The van der Waals surface area contributed by atoms with E-state index in [9.17, 15) is 0 Å². The number of halogens is 1. The van der Waals surface area contributed by atoms with E-state index in [1.165, 1.54) is 43.6 Å². The molecule has 0 saturated carbocycles. The van der Waals surface area contributed by atoms with Gasteiger partial charge in [0.05, 0.1) is 13.1 Å². The van der Waals surface area contributed by atoms with Gasteiger partial charge in [0.1, 0.15) is 11.4 Å². The molecule has 1 nitrogen and oxygen atoms in total. The summed E-state index contributed by atoms with van der Waals surface area (Å²) in [6, 6.07) is 22.0. The molecule has 0 aliphatic heterocycles. The molecule has 0 saturated heterocycles. The zero-order chi connectivity index (χ0) is 15.0. The molecule has 0 spiro atoms. The third-order valence-corrected chi connectivity index (χ3v) is 4.25. The quantitative estimate of drug-likeness (QED) is 0.519. The van der Waals surface area contributed by atoms with Crippen LogP contribution in [0, 0.1) is 0 Å². The van der Waals surface area contributed by atoms with Crippen LogP contribution in [0.5, 0.6) is 0 Å². The molecule has 0 aromatic heterocycles. The highest BCUT2D eigenvalue weighted by molar-refractivity contribution is 5.58. The van der Waals surface area contributed by atoms with Crippen LogP contribution in [-0.2, 0) is 0 Å². The van der Waals surface area contributed by atoms with Crippen molar-refractivity contribution in [3.05, 3.63) is 60.7 Å². The van der Waals surface area contributed by atoms with E-state index in [0.717, 1.165) is 11.0 Å². The average Bonchev–Trinajstić information content (AvgIpc) is 2.56. The number of nitrogens with zero attached hydrogens (tertiary/aromatic N) is 1. The minimum atomic E-state index is 0. The zero-order valence-corrected chi connectivity index (χ0v) is 14.6. The highest BCUT2D eigenvalue weighted by atomic mass is 35.5. The van der Waals surface area contributed by atoms with E-state index in [0.29, 0.717) is 0 Å². The van der Waals surface area contributed by atoms with E-state index in [1.54, 1.807) is 0 Å². The van der Waals surface area contributed by atoms with Crippen LogP contribution in [0.25, 0.3) is 0 Å². The first-order valence-corrected chi connectivity index (χ1v) is 8.32. The molecule has 2 heteroatoms. The van der Waals surface area contributed by atoms with Crippen molar-refractivity contribution in [1.29, 1.82) is 0 Å². The summed E-state index contributed by atoms with van der Waals surface area (Å²) < 4.78 is 0.984. The van der Waals surface area contributed by atoms with Gasteiger partial charge in [-0.15, -0.1) is 0 Å². The summed E-state index contributed by atoms with van der Waals surface area (Å²) in [4.78, 5) is 0. The third kappa shape index (κ3) is 4.34. The highest BCUT2D eigenvalue weighted by Gasteiger charge is 2.31. The van der Waals surface area contributed by atoms with Crippen molar-refractivity contribution < 1.29 is 12.4 Å². The van der Waals surface area contributed by atoms with Crippen LogP contribution in [-0.4, -0.2) is 13.1 Å². The normalized spacial score (nSPS) is 11.0. The lowest BCUT2D eigenvalue weighted by Crippen LogP contribution is -3.00. The Bertz CT molecular complexity index is 470. The van der Waals surface area contributed by atoms with Crippen molar-refractivity contribution >= 4 is 11.4 Å². The maximum Gasteiger partial charge on any atom is 0.137 e. The third-order valence-electron chi connectivity index (χ3n) is 4.25. The smallest absolute Gasteiger partial charge is 0.137 e. The molecule has 0 bridgehead atoms. The van der Waals surface area contributed by atoms with Crippen molar-refractivity contribution in [3.63, 3.8) is 0 Å². The molecule has 0 aliphatic carbocycles. The lowest BCUT2D eigenvalue weighted by atomic mass is 10.1. The van der Waals surface area contributed by atoms with Gasteiger partial charge in [-0.25, -0.2) is 0 Å².